The molecule has 0 aliphatic carbocycles. The van der Waals surface area contributed by atoms with Gasteiger partial charge in [0.25, 0.3) is 0 Å². The van der Waals surface area contributed by atoms with Crippen molar-refractivity contribution in [2.24, 2.45) is 5.92 Å². The first-order valence-electron chi connectivity index (χ1n) is 11.4. The number of carbonyl (C=O) groups is 4. The maximum atomic E-state index is 13.9. The Morgan fingerprint density at radius 3 is 2.11 bits per heavy atom. The number of urea groups is 1. The topological polar surface area (TPSA) is 107 Å². The third-order valence-electron chi connectivity index (χ3n) is 5.87. The average Bonchev–Trinajstić information content (AvgIpc) is 3.05. The molecule has 2 aromatic carbocycles. The Morgan fingerprint density at radius 2 is 1.57 bits per heavy atom. The van der Waals surface area contributed by atoms with Crippen LogP contribution < -0.4 is 0 Å². The lowest BCUT2D eigenvalue weighted by Gasteiger charge is -2.29. The summed E-state index contributed by atoms with van der Waals surface area (Å²) in [5.74, 6) is -2.97. The zero-order valence-corrected chi connectivity index (χ0v) is 20.5. The smallest absolute Gasteiger partial charge is 0.434 e. The van der Waals surface area contributed by atoms with Crippen molar-refractivity contribution >= 4 is 23.8 Å². The molecule has 1 fully saturated rings. The Kier molecular flexibility index (Phi) is 7.60. The summed E-state index contributed by atoms with van der Waals surface area (Å²) >= 11 is 0. The van der Waals surface area contributed by atoms with E-state index in [1.54, 1.807) is 70.3 Å². The lowest BCUT2D eigenvalue weighted by Crippen LogP contribution is -2.48. The minimum absolute atomic E-state index is 0.208. The molecule has 4 amide bonds. The number of ketones is 1. The molecule has 2 aromatic rings. The van der Waals surface area contributed by atoms with E-state index in [4.69, 9.17) is 4.74 Å². The summed E-state index contributed by atoms with van der Waals surface area (Å²) in [6.45, 7) is 6.02. The number of hydroxylamine groups is 2. The van der Waals surface area contributed by atoms with Crippen molar-refractivity contribution in [1.82, 2.24) is 14.9 Å². The number of likely N-dealkylation sites (N-methyl/N-ethyl adjacent to an activating group) is 1. The van der Waals surface area contributed by atoms with Crippen molar-refractivity contribution in [3.63, 3.8) is 0 Å². The highest BCUT2D eigenvalue weighted by Gasteiger charge is 2.49. The highest BCUT2D eigenvalue weighted by atomic mass is 16.6. The van der Waals surface area contributed by atoms with Crippen LogP contribution in [0.25, 0.3) is 0 Å². The van der Waals surface area contributed by atoms with E-state index >= 15 is 0 Å². The molecular formula is C26H31N3O6. The van der Waals surface area contributed by atoms with Gasteiger partial charge >= 0.3 is 12.1 Å². The van der Waals surface area contributed by atoms with Gasteiger partial charge in [-0.05, 0) is 33.3 Å². The third-order valence-corrected chi connectivity index (χ3v) is 5.87. The first-order chi connectivity index (χ1) is 16.4. The molecule has 1 aliphatic rings. The number of carbonyl (C=O) groups excluding carboxylic acids is 4. The summed E-state index contributed by atoms with van der Waals surface area (Å²) in [6.07, 6.45) is -1.10. The van der Waals surface area contributed by atoms with Crippen LogP contribution in [0, 0.1) is 5.92 Å². The fourth-order valence-electron chi connectivity index (χ4n) is 4.01. The molecule has 186 valence electrons. The van der Waals surface area contributed by atoms with E-state index in [1.165, 1.54) is 17.0 Å². The van der Waals surface area contributed by atoms with Gasteiger partial charge in [-0.1, -0.05) is 60.7 Å². The van der Waals surface area contributed by atoms with Gasteiger partial charge in [-0.3, -0.25) is 19.7 Å². The molecule has 3 rings (SSSR count). The first-order valence-corrected chi connectivity index (χ1v) is 11.4. The summed E-state index contributed by atoms with van der Waals surface area (Å²) < 4.78 is 5.16. The van der Waals surface area contributed by atoms with Crippen LogP contribution in [-0.4, -0.2) is 69.1 Å². The largest absolute Gasteiger partial charge is 0.442 e. The van der Waals surface area contributed by atoms with Gasteiger partial charge in [0.2, 0.25) is 5.91 Å². The molecule has 1 unspecified atom stereocenters. The van der Waals surface area contributed by atoms with Crippen molar-refractivity contribution in [3.05, 3.63) is 71.8 Å². The minimum atomic E-state index is -1.54. The maximum absolute atomic E-state index is 13.9. The molecule has 0 aromatic heterocycles. The lowest BCUT2D eigenvalue weighted by atomic mass is 9.94. The SMILES string of the molecule is C[C@H]1[C@@H](c2ccccc2)N(C(=O)C(CN(O)C(=O)OC(C)(C)C)C(=O)c2ccccc2)C(=O)N1C. The van der Waals surface area contributed by atoms with Crippen molar-refractivity contribution in [2.45, 2.75) is 45.4 Å². The third kappa shape index (κ3) is 5.68. The number of hydrogen-bond acceptors (Lipinski definition) is 6. The normalized spacial score (nSPS) is 18.9. The monoisotopic (exact) mass is 481 g/mol. The van der Waals surface area contributed by atoms with E-state index in [1.807, 2.05) is 13.0 Å². The second-order valence-corrected chi connectivity index (χ2v) is 9.54. The number of Topliss-reactive ketones (excluding diaryl/α,β-unsaturated/α-hetero) is 1. The minimum Gasteiger partial charge on any atom is -0.442 e. The number of imide groups is 1. The molecule has 1 N–H and O–H groups in total. The molecule has 1 heterocycles. The number of hydrogen-bond donors (Lipinski definition) is 1. The Balaban J connectivity index is 1.99. The molecule has 3 atom stereocenters. The summed E-state index contributed by atoms with van der Waals surface area (Å²) in [5.41, 5.74) is 0.0420. The van der Waals surface area contributed by atoms with Gasteiger partial charge in [-0.15, -0.1) is 0 Å². The molecule has 0 radical (unpaired) electrons. The summed E-state index contributed by atoms with van der Waals surface area (Å²) in [6, 6.07) is 15.5. The van der Waals surface area contributed by atoms with E-state index in [0.717, 1.165) is 10.5 Å². The molecule has 0 bridgehead atoms. The van der Waals surface area contributed by atoms with E-state index in [2.05, 4.69) is 0 Å². The standard InChI is InChI=1S/C26H31N3O6/c1-17-21(18-12-8-6-9-13-18)29(24(32)27(17)5)23(31)20(22(30)19-14-10-7-11-15-19)16-28(34)25(33)35-26(2,3)4/h6-15,17,20-21,34H,16H2,1-5H3/t17-,20?,21-/m0/s1. The zero-order valence-electron chi connectivity index (χ0n) is 20.5. The zero-order chi connectivity index (χ0) is 25.9. The first kappa shape index (κ1) is 25.9. The number of nitrogens with zero attached hydrogens (tertiary/aromatic N) is 3. The van der Waals surface area contributed by atoms with E-state index in [9.17, 15) is 24.4 Å². The van der Waals surface area contributed by atoms with Gasteiger partial charge in [0, 0.05) is 12.6 Å². The molecule has 35 heavy (non-hydrogen) atoms. The van der Waals surface area contributed by atoms with Crippen molar-refractivity contribution < 1.29 is 29.1 Å². The molecule has 0 saturated carbocycles. The Bertz CT molecular complexity index is 1080. The Labute approximate surface area is 204 Å². The molecule has 9 nitrogen and oxygen atoms in total. The summed E-state index contributed by atoms with van der Waals surface area (Å²) in [4.78, 5) is 55.3. The molecule has 1 saturated heterocycles. The van der Waals surface area contributed by atoms with Crippen LogP contribution in [0.5, 0.6) is 0 Å². The average molecular weight is 482 g/mol. The van der Waals surface area contributed by atoms with Crippen molar-refractivity contribution in [3.8, 4) is 0 Å². The molecular weight excluding hydrogens is 450 g/mol. The van der Waals surface area contributed by atoms with Crippen LogP contribution in [0.4, 0.5) is 9.59 Å². The number of benzene rings is 2. The Hall–Kier alpha value is -3.72. The fraction of sp³-hybridized carbons (Fsp3) is 0.385. The molecule has 9 heteroatoms. The highest BCUT2D eigenvalue weighted by molar-refractivity contribution is 6.13. The quantitative estimate of drug-likeness (QED) is 0.288. The van der Waals surface area contributed by atoms with Crippen LogP contribution in [0.1, 0.15) is 49.7 Å². The van der Waals surface area contributed by atoms with Crippen LogP contribution >= 0.6 is 0 Å². The van der Waals surface area contributed by atoms with Crippen LogP contribution in [0.3, 0.4) is 0 Å². The van der Waals surface area contributed by atoms with Crippen molar-refractivity contribution in [1.29, 1.82) is 0 Å². The molecule has 0 spiro atoms. The van der Waals surface area contributed by atoms with Crippen LogP contribution in [-0.2, 0) is 9.53 Å². The van der Waals surface area contributed by atoms with Crippen LogP contribution in [0.15, 0.2) is 60.7 Å². The second kappa shape index (κ2) is 10.3. The van der Waals surface area contributed by atoms with Gasteiger partial charge in [0.05, 0.1) is 18.6 Å². The van der Waals surface area contributed by atoms with Crippen LogP contribution in [0.2, 0.25) is 0 Å². The number of amides is 4. The van der Waals surface area contributed by atoms with Gasteiger partial charge in [-0.25, -0.2) is 9.59 Å². The number of ether oxygens (including phenoxy) is 1. The van der Waals surface area contributed by atoms with Gasteiger partial charge in [0.15, 0.2) is 5.78 Å². The molecule has 1 aliphatic heterocycles. The van der Waals surface area contributed by atoms with E-state index in [0.29, 0.717) is 0 Å². The maximum Gasteiger partial charge on any atom is 0.434 e. The lowest BCUT2D eigenvalue weighted by molar-refractivity contribution is -0.138. The number of rotatable bonds is 6. The van der Waals surface area contributed by atoms with Gasteiger partial charge in [-0.2, -0.15) is 5.06 Å². The van der Waals surface area contributed by atoms with Gasteiger partial charge < -0.3 is 9.64 Å². The predicted octanol–water partition coefficient (Wildman–Crippen LogP) is 4.14. The highest BCUT2D eigenvalue weighted by Crippen LogP contribution is 2.36. The van der Waals surface area contributed by atoms with Gasteiger partial charge in [0.1, 0.15) is 11.5 Å². The summed E-state index contributed by atoms with van der Waals surface area (Å²) in [7, 11) is 1.59. The van der Waals surface area contributed by atoms with E-state index in [-0.39, 0.29) is 16.7 Å². The predicted molar refractivity (Wildman–Crippen MR) is 128 cm³/mol. The van der Waals surface area contributed by atoms with E-state index < -0.39 is 47.9 Å². The second-order valence-electron chi connectivity index (χ2n) is 9.54. The summed E-state index contributed by atoms with van der Waals surface area (Å²) in [5, 5.41) is 10.6. The fourth-order valence-corrected chi connectivity index (χ4v) is 4.01. The van der Waals surface area contributed by atoms with Crippen molar-refractivity contribution in [2.75, 3.05) is 13.6 Å². The Morgan fingerprint density at radius 1 is 1.03 bits per heavy atom.